The van der Waals surface area contributed by atoms with Crippen molar-refractivity contribution in [2.45, 2.75) is 45.2 Å². The molecular weight excluding hydrogens is 348 g/mol. The average molecular weight is 374 g/mol. The topological polar surface area (TPSA) is 51.0 Å². The highest BCUT2D eigenvalue weighted by atomic mass is 16.2. The number of likely N-dealkylation sites (tertiary alicyclic amines) is 1. The first-order valence-corrected chi connectivity index (χ1v) is 10.0. The lowest BCUT2D eigenvalue weighted by Crippen LogP contribution is -2.44. The van der Waals surface area contributed by atoms with E-state index in [1.165, 1.54) is 12.0 Å². The molecule has 4 rings (SSSR count). The number of amides is 1. The van der Waals surface area contributed by atoms with Crippen LogP contribution in [-0.2, 0) is 6.54 Å². The molecule has 1 aliphatic rings. The van der Waals surface area contributed by atoms with Gasteiger partial charge in [0.05, 0.1) is 11.3 Å². The van der Waals surface area contributed by atoms with Gasteiger partial charge >= 0.3 is 0 Å². The van der Waals surface area contributed by atoms with Crippen molar-refractivity contribution >= 4 is 5.91 Å². The van der Waals surface area contributed by atoms with Gasteiger partial charge in [0.1, 0.15) is 0 Å². The van der Waals surface area contributed by atoms with Gasteiger partial charge in [0.2, 0.25) is 0 Å². The minimum atomic E-state index is 0.0912. The molecule has 2 aromatic heterocycles. The molecule has 3 aromatic rings. The zero-order chi connectivity index (χ0) is 19.3. The summed E-state index contributed by atoms with van der Waals surface area (Å²) in [6, 6.07) is 14.3. The van der Waals surface area contributed by atoms with Crippen LogP contribution in [0.2, 0.25) is 0 Å². The van der Waals surface area contributed by atoms with Crippen molar-refractivity contribution in [3.05, 3.63) is 72.2 Å². The van der Waals surface area contributed by atoms with E-state index in [1.807, 2.05) is 46.1 Å². The van der Waals surface area contributed by atoms with Gasteiger partial charge in [-0.05, 0) is 56.9 Å². The van der Waals surface area contributed by atoms with E-state index in [2.05, 4.69) is 29.1 Å². The van der Waals surface area contributed by atoms with Gasteiger partial charge in [-0.2, -0.15) is 5.10 Å². The highest BCUT2D eigenvalue weighted by molar-refractivity contribution is 5.94. The van der Waals surface area contributed by atoms with Crippen molar-refractivity contribution in [3.63, 3.8) is 0 Å². The number of pyridine rings is 1. The first kappa shape index (κ1) is 18.4. The zero-order valence-electron chi connectivity index (χ0n) is 16.3. The van der Waals surface area contributed by atoms with Gasteiger partial charge in [0, 0.05) is 43.3 Å². The highest BCUT2D eigenvalue weighted by Gasteiger charge is 2.27. The van der Waals surface area contributed by atoms with E-state index in [0.29, 0.717) is 5.56 Å². The molecule has 5 heteroatoms. The van der Waals surface area contributed by atoms with Crippen LogP contribution in [0, 0.1) is 6.92 Å². The summed E-state index contributed by atoms with van der Waals surface area (Å²) in [5.41, 5.74) is 3.85. The van der Waals surface area contributed by atoms with E-state index in [0.717, 1.165) is 43.6 Å². The Bertz CT molecular complexity index is 918. The Morgan fingerprint density at radius 3 is 2.86 bits per heavy atom. The van der Waals surface area contributed by atoms with E-state index < -0.39 is 0 Å². The third kappa shape index (κ3) is 4.14. The van der Waals surface area contributed by atoms with Crippen LogP contribution in [0.1, 0.15) is 41.6 Å². The molecular formula is C23H26N4O. The molecule has 0 radical (unpaired) electrons. The van der Waals surface area contributed by atoms with E-state index in [1.54, 1.807) is 12.4 Å². The summed E-state index contributed by atoms with van der Waals surface area (Å²) < 4.78 is 1.94. The largest absolute Gasteiger partial charge is 0.336 e. The third-order valence-electron chi connectivity index (χ3n) is 5.46. The molecule has 1 aliphatic heterocycles. The maximum absolute atomic E-state index is 13.1. The van der Waals surface area contributed by atoms with Crippen LogP contribution in [0.15, 0.2) is 61.1 Å². The molecule has 0 spiro atoms. The van der Waals surface area contributed by atoms with Crippen LogP contribution in [0.3, 0.4) is 0 Å². The third-order valence-corrected chi connectivity index (χ3v) is 5.46. The summed E-state index contributed by atoms with van der Waals surface area (Å²) in [4.78, 5) is 19.7. The van der Waals surface area contributed by atoms with Crippen LogP contribution in [0.5, 0.6) is 0 Å². The van der Waals surface area contributed by atoms with E-state index in [-0.39, 0.29) is 11.9 Å². The van der Waals surface area contributed by atoms with Gasteiger partial charge in [0.25, 0.3) is 5.91 Å². The Kier molecular flexibility index (Phi) is 5.51. The van der Waals surface area contributed by atoms with Crippen molar-refractivity contribution in [1.82, 2.24) is 19.7 Å². The standard InChI is InChI=1S/C23H26N4O/c1-18-6-4-7-19(16-18)22-10-9-20(17-24-22)23(28)27-14-3-2-8-21(27)11-15-26-13-5-12-25-26/h4-7,9-10,12-13,16-17,21H,2-3,8,11,14-15H2,1H3. The van der Waals surface area contributed by atoms with Crippen molar-refractivity contribution < 1.29 is 4.79 Å². The molecule has 0 saturated carbocycles. The van der Waals surface area contributed by atoms with Gasteiger partial charge in [-0.25, -0.2) is 0 Å². The van der Waals surface area contributed by atoms with Crippen molar-refractivity contribution in [3.8, 4) is 11.3 Å². The van der Waals surface area contributed by atoms with Crippen molar-refractivity contribution in [2.75, 3.05) is 6.54 Å². The molecule has 28 heavy (non-hydrogen) atoms. The number of aromatic nitrogens is 3. The molecule has 0 N–H and O–H groups in total. The maximum Gasteiger partial charge on any atom is 0.255 e. The van der Waals surface area contributed by atoms with Crippen LogP contribution in [-0.4, -0.2) is 38.2 Å². The fraction of sp³-hybridized carbons (Fsp3) is 0.348. The number of piperidine rings is 1. The molecule has 3 heterocycles. The molecule has 1 fully saturated rings. The molecule has 1 amide bonds. The second kappa shape index (κ2) is 8.38. The van der Waals surface area contributed by atoms with Gasteiger partial charge in [-0.15, -0.1) is 0 Å². The second-order valence-electron chi connectivity index (χ2n) is 7.51. The number of aryl methyl sites for hydroxylation is 2. The fourth-order valence-corrected chi connectivity index (χ4v) is 3.94. The predicted molar refractivity (Wildman–Crippen MR) is 110 cm³/mol. The molecule has 144 valence electrons. The van der Waals surface area contributed by atoms with Crippen LogP contribution >= 0.6 is 0 Å². The molecule has 1 aromatic carbocycles. The molecule has 1 unspecified atom stereocenters. The summed E-state index contributed by atoms with van der Waals surface area (Å²) in [7, 11) is 0. The summed E-state index contributed by atoms with van der Waals surface area (Å²) in [5, 5.41) is 4.28. The summed E-state index contributed by atoms with van der Waals surface area (Å²) in [6.07, 6.45) is 9.73. The summed E-state index contributed by atoms with van der Waals surface area (Å²) in [5.74, 6) is 0.0912. The Labute approximate surface area is 166 Å². The van der Waals surface area contributed by atoms with Crippen LogP contribution in [0.25, 0.3) is 11.3 Å². The summed E-state index contributed by atoms with van der Waals surface area (Å²) in [6.45, 7) is 3.73. The Balaban J connectivity index is 1.47. The number of rotatable bonds is 5. The molecule has 1 atom stereocenters. The van der Waals surface area contributed by atoms with Gasteiger partial charge in [0.15, 0.2) is 0 Å². The fourth-order valence-electron chi connectivity index (χ4n) is 3.94. The lowest BCUT2D eigenvalue weighted by molar-refractivity contribution is 0.0593. The van der Waals surface area contributed by atoms with E-state index >= 15 is 0 Å². The minimum Gasteiger partial charge on any atom is -0.336 e. The Hall–Kier alpha value is -2.95. The Morgan fingerprint density at radius 1 is 1.18 bits per heavy atom. The number of hydrogen-bond donors (Lipinski definition) is 0. The minimum absolute atomic E-state index is 0.0912. The smallest absolute Gasteiger partial charge is 0.255 e. The number of benzene rings is 1. The van der Waals surface area contributed by atoms with Gasteiger partial charge in [-0.3, -0.25) is 14.5 Å². The van der Waals surface area contributed by atoms with Crippen molar-refractivity contribution in [2.24, 2.45) is 0 Å². The number of carbonyl (C=O) groups excluding carboxylic acids is 1. The van der Waals surface area contributed by atoms with E-state index in [9.17, 15) is 4.79 Å². The van der Waals surface area contributed by atoms with Gasteiger partial charge in [-0.1, -0.05) is 23.8 Å². The Morgan fingerprint density at radius 2 is 2.11 bits per heavy atom. The molecule has 0 aliphatic carbocycles. The molecule has 0 bridgehead atoms. The van der Waals surface area contributed by atoms with Crippen LogP contribution in [0.4, 0.5) is 0 Å². The molecule has 1 saturated heterocycles. The summed E-state index contributed by atoms with van der Waals surface area (Å²) >= 11 is 0. The lowest BCUT2D eigenvalue weighted by atomic mass is 9.98. The SMILES string of the molecule is Cc1cccc(-c2ccc(C(=O)N3CCCCC3CCn3cccn3)cn2)c1. The van der Waals surface area contributed by atoms with Crippen molar-refractivity contribution in [1.29, 1.82) is 0 Å². The zero-order valence-corrected chi connectivity index (χ0v) is 16.3. The van der Waals surface area contributed by atoms with Crippen LogP contribution < -0.4 is 0 Å². The highest BCUT2D eigenvalue weighted by Crippen LogP contribution is 2.24. The second-order valence-corrected chi connectivity index (χ2v) is 7.51. The number of hydrogen-bond acceptors (Lipinski definition) is 3. The molecule has 5 nitrogen and oxygen atoms in total. The first-order valence-electron chi connectivity index (χ1n) is 10.0. The monoisotopic (exact) mass is 374 g/mol. The average Bonchev–Trinajstić information content (AvgIpc) is 3.26. The number of carbonyl (C=O) groups is 1. The lowest BCUT2D eigenvalue weighted by Gasteiger charge is -2.36. The normalized spacial score (nSPS) is 16.9. The first-order chi connectivity index (χ1) is 13.7. The van der Waals surface area contributed by atoms with Gasteiger partial charge < -0.3 is 4.90 Å². The predicted octanol–water partition coefficient (Wildman–Crippen LogP) is 4.34. The maximum atomic E-state index is 13.1. The van der Waals surface area contributed by atoms with E-state index in [4.69, 9.17) is 0 Å². The quantitative estimate of drug-likeness (QED) is 0.668. The number of nitrogens with zero attached hydrogens (tertiary/aromatic N) is 4.